The van der Waals surface area contributed by atoms with E-state index in [1.54, 1.807) is 13.8 Å². The van der Waals surface area contributed by atoms with Crippen LogP contribution in [-0.2, 0) is 9.59 Å². The third-order valence-corrected chi connectivity index (χ3v) is 4.47. The molecular formula is C13H22N2O2. The van der Waals surface area contributed by atoms with Gasteiger partial charge in [0.25, 0.3) is 0 Å². The molecule has 0 aromatic carbocycles. The number of amides is 2. The van der Waals surface area contributed by atoms with E-state index in [1.807, 2.05) is 0 Å². The van der Waals surface area contributed by atoms with Crippen LogP contribution in [0.5, 0.6) is 0 Å². The summed E-state index contributed by atoms with van der Waals surface area (Å²) in [6, 6.07) is 0.248. The molecule has 0 aromatic heterocycles. The van der Waals surface area contributed by atoms with E-state index < -0.39 is 0 Å². The van der Waals surface area contributed by atoms with Gasteiger partial charge in [-0.2, -0.15) is 0 Å². The SMILES string of the molecule is CC[C@]1(NC(C)=O)C[C@H]2C[C@@H]1[C@H](NC(C)=O)C2. The third kappa shape index (κ3) is 2.17. The van der Waals surface area contributed by atoms with E-state index in [4.69, 9.17) is 0 Å². The Hall–Kier alpha value is -1.06. The van der Waals surface area contributed by atoms with Gasteiger partial charge in [-0.1, -0.05) is 6.92 Å². The number of carbonyl (C=O) groups excluding carboxylic acids is 2. The number of fused-ring (bicyclic) bond motifs is 2. The summed E-state index contributed by atoms with van der Waals surface area (Å²) >= 11 is 0. The highest BCUT2D eigenvalue weighted by atomic mass is 16.2. The summed E-state index contributed by atoms with van der Waals surface area (Å²) in [6.45, 7) is 5.27. The maximum absolute atomic E-state index is 11.4. The van der Waals surface area contributed by atoms with Crippen LogP contribution in [0.15, 0.2) is 0 Å². The normalized spacial score (nSPS) is 39.1. The minimum absolute atomic E-state index is 0.0374. The Kier molecular flexibility index (Phi) is 3.15. The van der Waals surface area contributed by atoms with Gasteiger partial charge in [-0.25, -0.2) is 0 Å². The lowest BCUT2D eigenvalue weighted by molar-refractivity contribution is -0.122. The van der Waals surface area contributed by atoms with Crippen molar-refractivity contribution in [2.45, 2.75) is 58.0 Å². The zero-order chi connectivity index (χ0) is 12.6. The first-order chi connectivity index (χ1) is 7.97. The Balaban J connectivity index is 2.14. The first kappa shape index (κ1) is 12.4. The van der Waals surface area contributed by atoms with E-state index >= 15 is 0 Å². The first-order valence-corrected chi connectivity index (χ1v) is 6.52. The Morgan fingerprint density at radius 1 is 1.24 bits per heavy atom. The average Bonchev–Trinajstić information content (AvgIpc) is 2.73. The molecule has 4 atom stereocenters. The fourth-order valence-corrected chi connectivity index (χ4v) is 4.00. The highest BCUT2D eigenvalue weighted by Gasteiger charge is 2.55. The van der Waals surface area contributed by atoms with Crippen LogP contribution in [0.1, 0.15) is 46.5 Å². The van der Waals surface area contributed by atoms with Gasteiger partial charge in [0.1, 0.15) is 0 Å². The summed E-state index contributed by atoms with van der Waals surface area (Å²) in [5.74, 6) is 1.14. The molecule has 96 valence electrons. The van der Waals surface area contributed by atoms with Crippen LogP contribution in [0.3, 0.4) is 0 Å². The van der Waals surface area contributed by atoms with E-state index in [1.165, 1.54) is 0 Å². The van der Waals surface area contributed by atoms with Gasteiger partial charge in [0.05, 0.1) is 0 Å². The maximum Gasteiger partial charge on any atom is 0.217 e. The molecule has 0 aromatic rings. The molecule has 2 saturated carbocycles. The summed E-state index contributed by atoms with van der Waals surface area (Å²) in [4.78, 5) is 22.6. The molecule has 2 N–H and O–H groups in total. The summed E-state index contributed by atoms with van der Waals surface area (Å²) in [6.07, 6.45) is 4.23. The molecule has 17 heavy (non-hydrogen) atoms. The zero-order valence-corrected chi connectivity index (χ0v) is 10.9. The van der Waals surface area contributed by atoms with Crippen molar-refractivity contribution in [1.29, 1.82) is 0 Å². The van der Waals surface area contributed by atoms with Crippen LogP contribution >= 0.6 is 0 Å². The van der Waals surface area contributed by atoms with E-state index in [0.29, 0.717) is 11.8 Å². The van der Waals surface area contributed by atoms with E-state index in [2.05, 4.69) is 17.6 Å². The largest absolute Gasteiger partial charge is 0.353 e. The van der Waals surface area contributed by atoms with Crippen LogP contribution < -0.4 is 10.6 Å². The smallest absolute Gasteiger partial charge is 0.217 e. The minimum atomic E-state index is -0.0815. The molecule has 2 aliphatic rings. The van der Waals surface area contributed by atoms with Gasteiger partial charge in [-0.15, -0.1) is 0 Å². The molecule has 2 fully saturated rings. The molecule has 4 nitrogen and oxygen atoms in total. The second kappa shape index (κ2) is 4.31. The average molecular weight is 238 g/mol. The molecule has 2 amide bonds. The van der Waals surface area contributed by atoms with E-state index in [0.717, 1.165) is 25.7 Å². The van der Waals surface area contributed by atoms with Gasteiger partial charge < -0.3 is 10.6 Å². The Bertz CT molecular complexity index is 342. The molecule has 2 rings (SSSR count). The highest BCUT2D eigenvalue weighted by Crippen LogP contribution is 2.52. The van der Waals surface area contributed by atoms with E-state index in [9.17, 15) is 9.59 Å². The van der Waals surface area contributed by atoms with Crippen molar-refractivity contribution in [3.05, 3.63) is 0 Å². The fourth-order valence-electron chi connectivity index (χ4n) is 4.00. The molecule has 0 heterocycles. The number of nitrogens with one attached hydrogen (secondary N) is 2. The number of carbonyl (C=O) groups is 2. The molecule has 0 saturated heterocycles. The van der Waals surface area contributed by atoms with Crippen molar-refractivity contribution in [1.82, 2.24) is 10.6 Å². The second-order valence-corrected chi connectivity index (χ2v) is 5.65. The van der Waals surface area contributed by atoms with Gasteiger partial charge in [0, 0.05) is 31.3 Å². The van der Waals surface area contributed by atoms with Crippen molar-refractivity contribution >= 4 is 11.8 Å². The minimum Gasteiger partial charge on any atom is -0.353 e. The van der Waals surface area contributed by atoms with E-state index in [-0.39, 0.29) is 23.4 Å². The fraction of sp³-hybridized carbons (Fsp3) is 0.846. The monoisotopic (exact) mass is 238 g/mol. The second-order valence-electron chi connectivity index (χ2n) is 5.65. The molecule has 0 aliphatic heterocycles. The molecule has 2 aliphatic carbocycles. The third-order valence-electron chi connectivity index (χ3n) is 4.47. The summed E-state index contributed by atoms with van der Waals surface area (Å²) < 4.78 is 0. The topological polar surface area (TPSA) is 58.2 Å². The molecule has 0 radical (unpaired) electrons. The lowest BCUT2D eigenvalue weighted by Crippen LogP contribution is -2.57. The number of hydrogen-bond acceptors (Lipinski definition) is 2. The number of hydrogen-bond donors (Lipinski definition) is 2. The van der Waals surface area contributed by atoms with Gasteiger partial charge in [0.15, 0.2) is 0 Å². The first-order valence-electron chi connectivity index (χ1n) is 6.52. The van der Waals surface area contributed by atoms with Crippen LogP contribution in [0.2, 0.25) is 0 Å². The van der Waals surface area contributed by atoms with Gasteiger partial charge >= 0.3 is 0 Å². The lowest BCUT2D eigenvalue weighted by Gasteiger charge is -2.41. The van der Waals surface area contributed by atoms with Crippen molar-refractivity contribution in [3.63, 3.8) is 0 Å². The van der Waals surface area contributed by atoms with Crippen LogP contribution in [0.4, 0.5) is 0 Å². The maximum atomic E-state index is 11.4. The highest BCUT2D eigenvalue weighted by molar-refractivity contribution is 5.74. The molecule has 4 heteroatoms. The zero-order valence-electron chi connectivity index (χ0n) is 10.9. The van der Waals surface area contributed by atoms with Crippen molar-refractivity contribution in [3.8, 4) is 0 Å². The van der Waals surface area contributed by atoms with Crippen molar-refractivity contribution in [2.75, 3.05) is 0 Å². The van der Waals surface area contributed by atoms with Gasteiger partial charge in [-0.3, -0.25) is 9.59 Å². The lowest BCUT2D eigenvalue weighted by atomic mass is 9.76. The van der Waals surface area contributed by atoms with Crippen LogP contribution in [-0.4, -0.2) is 23.4 Å². The number of rotatable bonds is 3. The van der Waals surface area contributed by atoms with Crippen LogP contribution in [0, 0.1) is 11.8 Å². The molecular weight excluding hydrogens is 216 g/mol. The summed E-state index contributed by atoms with van der Waals surface area (Å²) in [5.41, 5.74) is -0.0815. The van der Waals surface area contributed by atoms with Crippen molar-refractivity contribution < 1.29 is 9.59 Å². The Morgan fingerprint density at radius 2 is 1.94 bits per heavy atom. The standard InChI is InChI=1S/C13H22N2O2/c1-4-13(15-9(3)17)7-10-5-11(13)12(6-10)14-8(2)16/h10-12H,4-7H2,1-3H3,(H,14,16)(H,15,17)/t10-,11+,12+,13-/m0/s1. The van der Waals surface area contributed by atoms with Crippen molar-refractivity contribution in [2.24, 2.45) is 11.8 Å². The molecule has 2 bridgehead atoms. The predicted octanol–water partition coefficient (Wildman–Crippen LogP) is 1.21. The van der Waals surface area contributed by atoms with Crippen LogP contribution in [0.25, 0.3) is 0 Å². The predicted molar refractivity (Wildman–Crippen MR) is 65.3 cm³/mol. The Labute approximate surface area is 103 Å². The summed E-state index contributed by atoms with van der Waals surface area (Å²) in [5, 5.41) is 6.19. The Morgan fingerprint density at radius 3 is 2.41 bits per heavy atom. The quantitative estimate of drug-likeness (QED) is 0.776. The summed E-state index contributed by atoms with van der Waals surface area (Å²) in [7, 11) is 0. The van der Waals surface area contributed by atoms with Gasteiger partial charge in [-0.05, 0) is 31.6 Å². The van der Waals surface area contributed by atoms with Gasteiger partial charge in [0.2, 0.25) is 11.8 Å². The molecule has 0 spiro atoms. The molecule has 0 unspecified atom stereocenters.